The summed E-state index contributed by atoms with van der Waals surface area (Å²) in [5.41, 5.74) is 5.44. The number of carbonyl (C=O) groups excluding carboxylic acids is 1. The van der Waals surface area contributed by atoms with Gasteiger partial charge in [0.25, 0.3) is 0 Å². The van der Waals surface area contributed by atoms with Crippen molar-refractivity contribution in [2.75, 3.05) is 13.6 Å². The molecule has 0 saturated carbocycles. The predicted octanol–water partition coefficient (Wildman–Crippen LogP) is 1.26. The fraction of sp³-hybridized carbons (Fsp3) is 0.818. The molecule has 3 N–H and O–H groups in total. The minimum atomic E-state index is 0.00836. The summed E-state index contributed by atoms with van der Waals surface area (Å²) in [5, 5.41) is 11.2. The fourth-order valence-corrected chi connectivity index (χ4v) is 1.09. The summed E-state index contributed by atoms with van der Waals surface area (Å²) in [6, 6.07) is 0. The van der Waals surface area contributed by atoms with Gasteiger partial charge in [-0.1, -0.05) is 32.9 Å². The second-order valence-electron chi connectivity index (χ2n) is 5.31. The summed E-state index contributed by atoms with van der Waals surface area (Å²) in [4.78, 5) is 13.3. The van der Waals surface area contributed by atoms with Crippen molar-refractivity contribution in [2.24, 2.45) is 22.2 Å². The molecule has 0 aromatic rings. The molecule has 1 unspecified atom stereocenters. The first-order chi connectivity index (χ1) is 7.18. The third-order valence-corrected chi connectivity index (χ3v) is 2.91. The van der Waals surface area contributed by atoms with Crippen LogP contribution in [0.15, 0.2) is 5.16 Å². The van der Waals surface area contributed by atoms with E-state index in [1.807, 2.05) is 0 Å². The van der Waals surface area contributed by atoms with Gasteiger partial charge in [0.05, 0.1) is 6.54 Å². The molecule has 0 aliphatic rings. The molecule has 0 radical (unpaired) electrons. The standard InChI is InChI=1S/C11H23N3O2/c1-8(11(2,3)4)6-10(15)14(5)7-9(12)13-16/h8,16H,6-7H2,1-5H3,(H2,12,13). The lowest BCUT2D eigenvalue weighted by Crippen LogP contribution is -2.37. The number of rotatable bonds is 4. The van der Waals surface area contributed by atoms with Crippen molar-refractivity contribution >= 4 is 11.7 Å². The lowest BCUT2D eigenvalue weighted by molar-refractivity contribution is -0.130. The maximum atomic E-state index is 11.8. The minimum absolute atomic E-state index is 0.00836. The number of hydrogen-bond donors (Lipinski definition) is 2. The monoisotopic (exact) mass is 229 g/mol. The highest BCUT2D eigenvalue weighted by Crippen LogP contribution is 2.28. The van der Waals surface area contributed by atoms with Crippen molar-refractivity contribution in [3.63, 3.8) is 0 Å². The van der Waals surface area contributed by atoms with Crippen LogP contribution in [-0.2, 0) is 4.79 Å². The molecule has 5 heteroatoms. The van der Waals surface area contributed by atoms with E-state index in [0.717, 1.165) is 0 Å². The highest BCUT2D eigenvalue weighted by Gasteiger charge is 2.24. The van der Waals surface area contributed by atoms with Crippen molar-refractivity contribution in [1.82, 2.24) is 4.90 Å². The Morgan fingerprint density at radius 1 is 1.50 bits per heavy atom. The third-order valence-electron chi connectivity index (χ3n) is 2.91. The molecule has 5 nitrogen and oxygen atoms in total. The van der Waals surface area contributed by atoms with Gasteiger partial charge in [-0.25, -0.2) is 0 Å². The van der Waals surface area contributed by atoms with E-state index in [-0.39, 0.29) is 29.6 Å². The molecular formula is C11H23N3O2. The molecule has 0 aromatic carbocycles. The molecular weight excluding hydrogens is 206 g/mol. The second kappa shape index (κ2) is 5.72. The Bertz CT molecular complexity index is 269. The first kappa shape index (κ1) is 14.7. The van der Waals surface area contributed by atoms with Crippen LogP contribution in [0.3, 0.4) is 0 Å². The number of carbonyl (C=O) groups is 1. The molecule has 0 aromatic heterocycles. The number of nitrogens with zero attached hydrogens (tertiary/aromatic N) is 2. The maximum Gasteiger partial charge on any atom is 0.223 e. The fourth-order valence-electron chi connectivity index (χ4n) is 1.09. The average Bonchev–Trinajstić information content (AvgIpc) is 2.15. The molecule has 0 saturated heterocycles. The van der Waals surface area contributed by atoms with Crippen LogP contribution in [0, 0.1) is 11.3 Å². The van der Waals surface area contributed by atoms with E-state index in [0.29, 0.717) is 6.42 Å². The zero-order chi connectivity index (χ0) is 12.9. The van der Waals surface area contributed by atoms with Crippen LogP contribution in [0.1, 0.15) is 34.1 Å². The minimum Gasteiger partial charge on any atom is -0.409 e. The molecule has 0 aliphatic heterocycles. The Kier molecular flexibility index (Phi) is 5.27. The largest absolute Gasteiger partial charge is 0.409 e. The number of likely N-dealkylation sites (N-methyl/N-ethyl adjacent to an activating group) is 1. The van der Waals surface area contributed by atoms with Gasteiger partial charge in [0.1, 0.15) is 0 Å². The van der Waals surface area contributed by atoms with E-state index in [2.05, 4.69) is 32.9 Å². The molecule has 1 amide bonds. The Morgan fingerprint density at radius 2 is 2.00 bits per heavy atom. The molecule has 94 valence electrons. The van der Waals surface area contributed by atoms with Crippen LogP contribution < -0.4 is 5.73 Å². The third kappa shape index (κ3) is 5.00. The van der Waals surface area contributed by atoms with Crippen LogP contribution in [0.2, 0.25) is 0 Å². The summed E-state index contributed by atoms with van der Waals surface area (Å²) in [6.45, 7) is 8.53. The van der Waals surface area contributed by atoms with Gasteiger partial charge in [-0.15, -0.1) is 0 Å². The van der Waals surface area contributed by atoms with Crippen molar-refractivity contribution in [3.8, 4) is 0 Å². The van der Waals surface area contributed by atoms with Crippen molar-refractivity contribution < 1.29 is 10.0 Å². The number of hydrogen-bond acceptors (Lipinski definition) is 3. The Balaban J connectivity index is 4.26. The second-order valence-corrected chi connectivity index (χ2v) is 5.31. The van der Waals surface area contributed by atoms with Gasteiger partial charge in [-0.05, 0) is 11.3 Å². The van der Waals surface area contributed by atoms with E-state index in [4.69, 9.17) is 10.9 Å². The van der Waals surface area contributed by atoms with Gasteiger partial charge < -0.3 is 15.8 Å². The smallest absolute Gasteiger partial charge is 0.223 e. The summed E-state index contributed by atoms with van der Waals surface area (Å²) in [5.74, 6) is 0.336. The zero-order valence-electron chi connectivity index (χ0n) is 10.8. The van der Waals surface area contributed by atoms with Crippen molar-refractivity contribution in [2.45, 2.75) is 34.1 Å². The molecule has 1 atom stereocenters. The van der Waals surface area contributed by atoms with Crippen LogP contribution in [0.25, 0.3) is 0 Å². The molecule has 0 aliphatic carbocycles. The predicted molar refractivity (Wildman–Crippen MR) is 64.3 cm³/mol. The van der Waals surface area contributed by atoms with Crippen LogP contribution in [0.5, 0.6) is 0 Å². The lowest BCUT2D eigenvalue weighted by Gasteiger charge is -2.28. The van der Waals surface area contributed by atoms with Gasteiger partial charge in [0, 0.05) is 13.5 Å². The number of oxime groups is 1. The summed E-state index contributed by atoms with van der Waals surface area (Å²) >= 11 is 0. The van der Waals surface area contributed by atoms with Gasteiger partial charge in [0.15, 0.2) is 5.84 Å². The van der Waals surface area contributed by atoms with E-state index in [1.165, 1.54) is 4.90 Å². The normalized spacial score (nSPS) is 14.7. The van der Waals surface area contributed by atoms with Crippen molar-refractivity contribution in [3.05, 3.63) is 0 Å². The highest BCUT2D eigenvalue weighted by atomic mass is 16.4. The summed E-state index contributed by atoms with van der Waals surface area (Å²) in [7, 11) is 1.65. The maximum absolute atomic E-state index is 11.8. The SMILES string of the molecule is CC(CC(=O)N(C)CC(N)=NO)C(C)(C)C. The molecule has 0 heterocycles. The Labute approximate surface area is 97.3 Å². The number of amides is 1. The highest BCUT2D eigenvalue weighted by molar-refractivity contribution is 5.86. The molecule has 0 fully saturated rings. The number of nitrogens with two attached hydrogens (primary N) is 1. The summed E-state index contributed by atoms with van der Waals surface area (Å²) < 4.78 is 0. The van der Waals surface area contributed by atoms with Crippen LogP contribution in [-0.4, -0.2) is 35.4 Å². The van der Waals surface area contributed by atoms with Gasteiger partial charge in [0.2, 0.25) is 5.91 Å². The lowest BCUT2D eigenvalue weighted by atomic mass is 9.80. The molecule has 0 rings (SSSR count). The zero-order valence-corrected chi connectivity index (χ0v) is 10.8. The Morgan fingerprint density at radius 3 is 2.38 bits per heavy atom. The quantitative estimate of drug-likeness (QED) is 0.330. The topological polar surface area (TPSA) is 78.9 Å². The Hall–Kier alpha value is -1.26. The van der Waals surface area contributed by atoms with E-state index >= 15 is 0 Å². The number of amidine groups is 1. The van der Waals surface area contributed by atoms with Crippen molar-refractivity contribution in [1.29, 1.82) is 0 Å². The molecule has 16 heavy (non-hydrogen) atoms. The van der Waals surface area contributed by atoms with E-state index in [9.17, 15) is 4.79 Å². The first-order valence-electron chi connectivity index (χ1n) is 5.38. The summed E-state index contributed by atoms with van der Waals surface area (Å²) in [6.07, 6.45) is 0.471. The van der Waals surface area contributed by atoms with Gasteiger partial charge in [-0.2, -0.15) is 0 Å². The van der Waals surface area contributed by atoms with Crippen LogP contribution >= 0.6 is 0 Å². The molecule has 0 bridgehead atoms. The van der Waals surface area contributed by atoms with Gasteiger partial charge in [-0.3, -0.25) is 4.79 Å². The van der Waals surface area contributed by atoms with Gasteiger partial charge >= 0.3 is 0 Å². The molecule has 0 spiro atoms. The van der Waals surface area contributed by atoms with E-state index in [1.54, 1.807) is 7.05 Å². The average molecular weight is 229 g/mol. The van der Waals surface area contributed by atoms with Crippen LogP contribution in [0.4, 0.5) is 0 Å². The van der Waals surface area contributed by atoms with E-state index < -0.39 is 0 Å². The first-order valence-corrected chi connectivity index (χ1v) is 5.38.